The Kier molecular flexibility index (Phi) is 6.35. The Morgan fingerprint density at radius 1 is 1.43 bits per heavy atom. The molecule has 0 saturated heterocycles. The number of aromatic nitrogens is 3. The van der Waals surface area contributed by atoms with Gasteiger partial charge in [0, 0.05) is 22.9 Å². The molecule has 1 aromatic carbocycles. The lowest BCUT2D eigenvalue weighted by Gasteiger charge is -2.13. The monoisotopic (exact) mass is 333 g/mol. The first-order valence-corrected chi connectivity index (χ1v) is 8.06. The zero-order valence-corrected chi connectivity index (χ0v) is 14.0. The number of esters is 1. The number of carbonyl (C=O) groups excluding carboxylic acids is 1. The molecule has 1 unspecified atom stereocenters. The molecule has 0 saturated carbocycles. The molecule has 0 aliphatic carbocycles. The summed E-state index contributed by atoms with van der Waals surface area (Å²) in [5.41, 5.74) is 0.821. The number of ether oxygens (including phenoxy) is 1. The highest BCUT2D eigenvalue weighted by Crippen LogP contribution is 2.18. The maximum absolute atomic E-state index is 11.8. The summed E-state index contributed by atoms with van der Waals surface area (Å²) in [6, 6.07) is 7.29. The van der Waals surface area contributed by atoms with E-state index in [2.05, 4.69) is 17.0 Å². The number of nitrogens with zero attached hydrogens (tertiary/aromatic N) is 3. The smallest absolute Gasteiger partial charge is 0.332 e. The van der Waals surface area contributed by atoms with Crippen LogP contribution in [0.4, 0.5) is 0 Å². The third-order valence-corrected chi connectivity index (χ3v) is 3.54. The average molecular weight is 334 g/mol. The molecule has 1 heterocycles. The lowest BCUT2D eigenvalue weighted by atomic mass is 10.2. The number of benzene rings is 1. The molecule has 122 valence electrons. The van der Waals surface area contributed by atoms with Gasteiger partial charge in [-0.05, 0) is 25.0 Å². The lowest BCUT2D eigenvalue weighted by Crippen LogP contribution is -2.15. The fourth-order valence-electron chi connectivity index (χ4n) is 2.12. The SMILES string of the molecule is CCCC(CC)OC(=O)C=Cn1cnc(-c2cccc(Cl)c2)n1. The Hall–Kier alpha value is -2.14. The molecule has 6 heteroatoms. The predicted molar refractivity (Wildman–Crippen MR) is 90.9 cm³/mol. The van der Waals surface area contributed by atoms with Crippen molar-refractivity contribution in [1.82, 2.24) is 14.8 Å². The Morgan fingerprint density at radius 3 is 2.96 bits per heavy atom. The molecule has 0 fully saturated rings. The van der Waals surface area contributed by atoms with E-state index in [1.54, 1.807) is 12.1 Å². The zero-order chi connectivity index (χ0) is 16.7. The molecule has 0 N–H and O–H groups in total. The van der Waals surface area contributed by atoms with Crippen LogP contribution in [0.1, 0.15) is 33.1 Å². The molecule has 5 nitrogen and oxygen atoms in total. The minimum Gasteiger partial charge on any atom is -0.459 e. The van der Waals surface area contributed by atoms with E-state index in [1.165, 1.54) is 23.3 Å². The largest absolute Gasteiger partial charge is 0.459 e. The van der Waals surface area contributed by atoms with Crippen molar-refractivity contribution in [1.29, 1.82) is 0 Å². The number of carbonyl (C=O) groups is 1. The van der Waals surface area contributed by atoms with Gasteiger partial charge in [0.2, 0.25) is 0 Å². The van der Waals surface area contributed by atoms with E-state index in [0.717, 1.165) is 24.8 Å². The van der Waals surface area contributed by atoms with Crippen LogP contribution in [0.25, 0.3) is 17.6 Å². The summed E-state index contributed by atoms with van der Waals surface area (Å²) in [6.07, 6.45) is 7.06. The van der Waals surface area contributed by atoms with Crippen LogP contribution < -0.4 is 0 Å². The van der Waals surface area contributed by atoms with Gasteiger partial charge in [-0.1, -0.05) is 44.0 Å². The second-order valence-corrected chi connectivity index (χ2v) is 5.57. The topological polar surface area (TPSA) is 57.0 Å². The van der Waals surface area contributed by atoms with E-state index in [-0.39, 0.29) is 12.1 Å². The van der Waals surface area contributed by atoms with E-state index in [4.69, 9.17) is 16.3 Å². The fraction of sp³-hybridized carbons (Fsp3) is 0.353. The van der Waals surface area contributed by atoms with Crippen molar-refractivity contribution in [3.8, 4) is 11.4 Å². The van der Waals surface area contributed by atoms with Gasteiger partial charge in [-0.3, -0.25) is 0 Å². The van der Waals surface area contributed by atoms with Crippen molar-refractivity contribution in [2.24, 2.45) is 0 Å². The highest BCUT2D eigenvalue weighted by molar-refractivity contribution is 6.30. The van der Waals surface area contributed by atoms with Crippen molar-refractivity contribution < 1.29 is 9.53 Å². The van der Waals surface area contributed by atoms with Gasteiger partial charge < -0.3 is 4.74 Å². The average Bonchev–Trinajstić information content (AvgIpc) is 3.01. The summed E-state index contributed by atoms with van der Waals surface area (Å²) in [5, 5.41) is 4.91. The molecule has 0 amide bonds. The van der Waals surface area contributed by atoms with Crippen molar-refractivity contribution in [2.45, 2.75) is 39.2 Å². The molecule has 23 heavy (non-hydrogen) atoms. The van der Waals surface area contributed by atoms with Crippen molar-refractivity contribution in [3.05, 3.63) is 41.7 Å². The van der Waals surface area contributed by atoms with Gasteiger partial charge in [0.15, 0.2) is 5.82 Å². The third kappa shape index (κ3) is 5.21. The van der Waals surface area contributed by atoms with Crippen LogP contribution in [0.5, 0.6) is 0 Å². The minimum absolute atomic E-state index is 0.0325. The van der Waals surface area contributed by atoms with Crippen molar-refractivity contribution >= 4 is 23.8 Å². The highest BCUT2D eigenvalue weighted by Gasteiger charge is 2.09. The van der Waals surface area contributed by atoms with Gasteiger partial charge in [0.05, 0.1) is 0 Å². The number of hydrogen-bond donors (Lipinski definition) is 0. The van der Waals surface area contributed by atoms with E-state index in [9.17, 15) is 4.79 Å². The predicted octanol–water partition coefficient (Wildman–Crippen LogP) is 4.19. The first-order chi connectivity index (χ1) is 11.1. The third-order valence-electron chi connectivity index (χ3n) is 3.30. The number of halogens is 1. The fourth-order valence-corrected chi connectivity index (χ4v) is 2.31. The van der Waals surface area contributed by atoms with Gasteiger partial charge >= 0.3 is 5.97 Å². The Morgan fingerprint density at radius 2 is 2.26 bits per heavy atom. The van der Waals surface area contributed by atoms with Crippen LogP contribution >= 0.6 is 11.6 Å². The van der Waals surface area contributed by atoms with Crippen LogP contribution in [0.2, 0.25) is 5.02 Å². The molecule has 2 aromatic rings. The standard InChI is InChI=1S/C17H20ClN3O2/c1-3-6-15(4-2)23-16(22)9-10-21-12-19-17(20-21)13-7-5-8-14(18)11-13/h5,7-12,15H,3-4,6H2,1-2H3. The second-order valence-electron chi connectivity index (χ2n) is 5.13. The molecule has 0 spiro atoms. The van der Waals surface area contributed by atoms with Gasteiger partial charge in [-0.25, -0.2) is 14.5 Å². The molecule has 1 aromatic heterocycles. The van der Waals surface area contributed by atoms with Crippen LogP contribution in [-0.2, 0) is 9.53 Å². The summed E-state index contributed by atoms with van der Waals surface area (Å²) in [7, 11) is 0. The summed E-state index contributed by atoms with van der Waals surface area (Å²) >= 11 is 5.95. The minimum atomic E-state index is -0.370. The van der Waals surface area contributed by atoms with E-state index < -0.39 is 0 Å². The first kappa shape index (κ1) is 17.2. The van der Waals surface area contributed by atoms with Crippen molar-refractivity contribution in [3.63, 3.8) is 0 Å². The molecular weight excluding hydrogens is 314 g/mol. The van der Waals surface area contributed by atoms with Gasteiger partial charge in [-0.2, -0.15) is 0 Å². The van der Waals surface area contributed by atoms with Crippen LogP contribution in [0, 0.1) is 0 Å². The van der Waals surface area contributed by atoms with E-state index in [1.807, 2.05) is 19.1 Å². The van der Waals surface area contributed by atoms with Gasteiger partial charge in [-0.15, -0.1) is 5.10 Å². The Labute approximate surface area is 140 Å². The molecular formula is C17H20ClN3O2. The molecule has 0 radical (unpaired) electrons. The molecule has 0 aliphatic rings. The second kappa shape index (κ2) is 8.48. The molecule has 1 atom stereocenters. The Bertz CT molecular complexity index is 682. The summed E-state index contributed by atoms with van der Waals surface area (Å²) in [6.45, 7) is 4.07. The van der Waals surface area contributed by atoms with Crippen molar-refractivity contribution in [2.75, 3.05) is 0 Å². The normalized spacial score (nSPS) is 12.5. The van der Waals surface area contributed by atoms with E-state index >= 15 is 0 Å². The summed E-state index contributed by atoms with van der Waals surface area (Å²) < 4.78 is 6.83. The van der Waals surface area contributed by atoms with Gasteiger partial charge in [0.25, 0.3) is 0 Å². The molecule has 0 aliphatic heterocycles. The first-order valence-electron chi connectivity index (χ1n) is 7.68. The molecule has 0 bridgehead atoms. The van der Waals surface area contributed by atoms with Gasteiger partial charge in [0.1, 0.15) is 12.4 Å². The molecule has 2 rings (SSSR count). The van der Waals surface area contributed by atoms with Crippen LogP contribution in [0.3, 0.4) is 0 Å². The Balaban J connectivity index is 1.99. The zero-order valence-electron chi connectivity index (χ0n) is 13.3. The quantitative estimate of drug-likeness (QED) is 0.563. The van der Waals surface area contributed by atoms with Crippen LogP contribution in [-0.4, -0.2) is 26.8 Å². The summed E-state index contributed by atoms with van der Waals surface area (Å²) in [4.78, 5) is 16.0. The van der Waals surface area contributed by atoms with E-state index in [0.29, 0.717) is 10.8 Å². The lowest BCUT2D eigenvalue weighted by molar-refractivity contribution is -0.143. The number of hydrogen-bond acceptors (Lipinski definition) is 4. The maximum Gasteiger partial charge on any atom is 0.332 e. The highest BCUT2D eigenvalue weighted by atomic mass is 35.5. The summed E-state index contributed by atoms with van der Waals surface area (Å²) in [5.74, 6) is 0.174. The maximum atomic E-state index is 11.8. The number of rotatable bonds is 7. The van der Waals surface area contributed by atoms with Crippen LogP contribution in [0.15, 0.2) is 36.7 Å².